The summed E-state index contributed by atoms with van der Waals surface area (Å²) >= 11 is 0. The van der Waals surface area contributed by atoms with Gasteiger partial charge in [-0.05, 0) is 59.0 Å². The second-order valence-corrected chi connectivity index (χ2v) is 7.13. The largest absolute Gasteiger partial charge is 0.487 e. The monoisotopic (exact) mass is 373 g/mol. The molecule has 4 rings (SSSR count). The predicted molar refractivity (Wildman–Crippen MR) is 108 cm³/mol. The number of nitrogens with one attached hydrogen (secondary N) is 1. The minimum atomic E-state index is 0.461. The smallest absolute Gasteiger partial charge is 0.148 e. The van der Waals surface area contributed by atoms with E-state index in [2.05, 4.69) is 56.8 Å². The molecule has 1 unspecified atom stereocenters. The summed E-state index contributed by atoms with van der Waals surface area (Å²) in [5.74, 6) is 2.24. The minimum absolute atomic E-state index is 0.461. The molecule has 2 aromatic heterocycles. The van der Waals surface area contributed by atoms with Gasteiger partial charge >= 0.3 is 0 Å². The number of hydrogen-bond acceptors (Lipinski definition) is 5. The summed E-state index contributed by atoms with van der Waals surface area (Å²) in [5, 5.41) is 15.1. The molecule has 0 aliphatic heterocycles. The number of aromatic amines is 1. The molecular weight excluding hydrogens is 350 g/mol. The van der Waals surface area contributed by atoms with E-state index in [1.807, 2.05) is 36.4 Å². The molecule has 1 atom stereocenters. The maximum absolute atomic E-state index is 5.99. The highest BCUT2D eigenvalue weighted by atomic mass is 16.5. The number of aryl methyl sites for hydroxylation is 1. The molecule has 28 heavy (non-hydrogen) atoms. The van der Waals surface area contributed by atoms with Gasteiger partial charge in [-0.1, -0.05) is 43.3 Å². The second-order valence-electron chi connectivity index (χ2n) is 7.13. The first-order chi connectivity index (χ1) is 13.8. The van der Waals surface area contributed by atoms with Crippen molar-refractivity contribution in [3.8, 4) is 5.75 Å². The summed E-state index contributed by atoms with van der Waals surface area (Å²) in [6.07, 6.45) is 2.88. The van der Waals surface area contributed by atoms with Crippen molar-refractivity contribution in [3.63, 3.8) is 0 Å². The number of fused-ring (bicyclic) bond motifs is 1. The predicted octanol–water partition coefficient (Wildman–Crippen LogP) is 4.14. The molecule has 2 aromatic carbocycles. The lowest BCUT2D eigenvalue weighted by atomic mass is 9.96. The van der Waals surface area contributed by atoms with E-state index >= 15 is 0 Å². The SMILES string of the molecule is CC(CCc1nnn[nH]1)Cc1cccc(OCc2ccc3ccccc3n2)c1. The van der Waals surface area contributed by atoms with Gasteiger partial charge in [0.05, 0.1) is 11.2 Å². The first-order valence-corrected chi connectivity index (χ1v) is 9.55. The average molecular weight is 373 g/mol. The number of ether oxygens (including phenoxy) is 1. The van der Waals surface area contributed by atoms with Crippen LogP contribution in [0.5, 0.6) is 5.75 Å². The quantitative estimate of drug-likeness (QED) is 0.502. The van der Waals surface area contributed by atoms with E-state index in [9.17, 15) is 0 Å². The third kappa shape index (κ3) is 4.71. The Kier molecular flexibility index (Phi) is 5.56. The fraction of sp³-hybridized carbons (Fsp3) is 0.273. The highest BCUT2D eigenvalue weighted by Crippen LogP contribution is 2.20. The van der Waals surface area contributed by atoms with Crippen LogP contribution in [0.3, 0.4) is 0 Å². The highest BCUT2D eigenvalue weighted by molar-refractivity contribution is 5.78. The molecule has 0 aliphatic rings. The number of H-pyrrole nitrogens is 1. The van der Waals surface area contributed by atoms with Gasteiger partial charge in [0.15, 0.2) is 0 Å². The lowest BCUT2D eigenvalue weighted by molar-refractivity contribution is 0.301. The third-order valence-corrected chi connectivity index (χ3v) is 4.79. The van der Waals surface area contributed by atoms with Crippen molar-refractivity contribution < 1.29 is 4.74 Å². The molecule has 0 radical (unpaired) electrons. The first-order valence-electron chi connectivity index (χ1n) is 9.55. The molecular formula is C22H23N5O. The van der Waals surface area contributed by atoms with Gasteiger partial charge in [0.25, 0.3) is 0 Å². The van der Waals surface area contributed by atoms with E-state index in [0.29, 0.717) is 12.5 Å². The number of aromatic nitrogens is 5. The molecule has 0 amide bonds. The second kappa shape index (κ2) is 8.61. The maximum Gasteiger partial charge on any atom is 0.148 e. The van der Waals surface area contributed by atoms with Crippen molar-refractivity contribution >= 4 is 10.9 Å². The Morgan fingerprint density at radius 2 is 1.96 bits per heavy atom. The summed E-state index contributed by atoms with van der Waals surface area (Å²) in [5.41, 5.74) is 3.19. The van der Waals surface area contributed by atoms with Crippen LogP contribution in [0.2, 0.25) is 0 Å². The van der Waals surface area contributed by atoms with Gasteiger partial charge in [0, 0.05) is 11.8 Å². The van der Waals surface area contributed by atoms with E-state index < -0.39 is 0 Å². The first kappa shape index (κ1) is 18.1. The zero-order chi connectivity index (χ0) is 19.2. The van der Waals surface area contributed by atoms with Crippen LogP contribution in [-0.4, -0.2) is 25.6 Å². The molecule has 0 spiro atoms. The van der Waals surface area contributed by atoms with Crippen LogP contribution in [0.15, 0.2) is 60.7 Å². The normalized spacial score (nSPS) is 12.2. The van der Waals surface area contributed by atoms with Gasteiger partial charge in [-0.25, -0.2) is 10.1 Å². The Morgan fingerprint density at radius 3 is 2.86 bits per heavy atom. The van der Waals surface area contributed by atoms with E-state index in [1.54, 1.807) is 0 Å². The van der Waals surface area contributed by atoms with Crippen molar-refractivity contribution in [2.75, 3.05) is 0 Å². The van der Waals surface area contributed by atoms with E-state index in [1.165, 1.54) is 5.56 Å². The van der Waals surface area contributed by atoms with E-state index in [4.69, 9.17) is 4.74 Å². The molecule has 142 valence electrons. The fourth-order valence-corrected chi connectivity index (χ4v) is 3.28. The summed E-state index contributed by atoms with van der Waals surface area (Å²) in [6, 6.07) is 20.5. The lowest BCUT2D eigenvalue weighted by Gasteiger charge is -2.12. The van der Waals surface area contributed by atoms with Gasteiger partial charge in [0.2, 0.25) is 0 Å². The van der Waals surface area contributed by atoms with Crippen LogP contribution >= 0.6 is 0 Å². The van der Waals surface area contributed by atoms with Crippen molar-refractivity contribution in [1.29, 1.82) is 0 Å². The molecule has 6 heteroatoms. The van der Waals surface area contributed by atoms with Gasteiger partial charge < -0.3 is 4.74 Å². The Morgan fingerprint density at radius 1 is 1.04 bits per heavy atom. The van der Waals surface area contributed by atoms with Crippen molar-refractivity contribution in [2.24, 2.45) is 5.92 Å². The Bertz CT molecular complexity index is 1030. The van der Waals surface area contributed by atoms with E-state index in [-0.39, 0.29) is 0 Å². The molecule has 2 heterocycles. The average Bonchev–Trinajstić information content (AvgIpc) is 3.25. The van der Waals surface area contributed by atoms with Gasteiger partial charge in [0.1, 0.15) is 18.2 Å². The molecule has 1 N–H and O–H groups in total. The molecule has 0 bridgehead atoms. The van der Waals surface area contributed by atoms with Crippen LogP contribution in [0.4, 0.5) is 0 Å². The topological polar surface area (TPSA) is 76.6 Å². The minimum Gasteiger partial charge on any atom is -0.487 e. The molecule has 6 nitrogen and oxygen atoms in total. The molecule has 0 fully saturated rings. The molecule has 0 aliphatic carbocycles. The fourth-order valence-electron chi connectivity index (χ4n) is 3.28. The van der Waals surface area contributed by atoms with Crippen LogP contribution in [0, 0.1) is 5.92 Å². The third-order valence-electron chi connectivity index (χ3n) is 4.79. The van der Waals surface area contributed by atoms with Gasteiger partial charge in [-0.15, -0.1) is 5.10 Å². The van der Waals surface area contributed by atoms with Gasteiger partial charge in [-0.3, -0.25) is 0 Å². The molecule has 4 aromatic rings. The van der Waals surface area contributed by atoms with Gasteiger partial charge in [-0.2, -0.15) is 0 Å². The number of pyridine rings is 1. The van der Waals surface area contributed by atoms with Crippen LogP contribution in [0.25, 0.3) is 10.9 Å². The summed E-state index contributed by atoms with van der Waals surface area (Å²) in [4.78, 5) is 4.67. The maximum atomic E-state index is 5.99. The standard InChI is InChI=1S/C22H23N5O/c1-16(9-12-22-24-26-27-25-22)13-17-5-4-7-20(14-17)28-15-19-11-10-18-6-2-3-8-21(18)23-19/h2-8,10-11,14,16H,9,12-13,15H2,1H3,(H,24,25,26,27). The van der Waals surface area contributed by atoms with Crippen LogP contribution in [-0.2, 0) is 19.4 Å². The van der Waals surface area contributed by atoms with E-state index in [0.717, 1.165) is 47.4 Å². The van der Waals surface area contributed by atoms with Crippen molar-refractivity contribution in [1.82, 2.24) is 25.6 Å². The number of hydrogen-bond donors (Lipinski definition) is 1. The zero-order valence-electron chi connectivity index (χ0n) is 15.9. The highest BCUT2D eigenvalue weighted by Gasteiger charge is 2.07. The zero-order valence-corrected chi connectivity index (χ0v) is 15.9. The number of tetrazole rings is 1. The Labute approximate surface area is 164 Å². The van der Waals surface area contributed by atoms with Crippen LogP contribution in [0.1, 0.15) is 30.4 Å². The van der Waals surface area contributed by atoms with Crippen LogP contribution < -0.4 is 4.74 Å². The summed E-state index contributed by atoms with van der Waals surface area (Å²) < 4.78 is 5.99. The molecule has 0 saturated carbocycles. The number of benzene rings is 2. The Hall–Kier alpha value is -3.28. The Balaban J connectivity index is 1.33. The van der Waals surface area contributed by atoms with Crippen molar-refractivity contribution in [3.05, 3.63) is 77.7 Å². The summed E-state index contributed by atoms with van der Waals surface area (Å²) in [6.45, 7) is 2.71. The lowest BCUT2D eigenvalue weighted by Crippen LogP contribution is -2.03. The number of rotatable bonds is 8. The summed E-state index contributed by atoms with van der Waals surface area (Å²) in [7, 11) is 0. The van der Waals surface area contributed by atoms with Crippen molar-refractivity contribution in [2.45, 2.75) is 32.8 Å². The number of para-hydroxylation sites is 1. The number of nitrogens with zero attached hydrogens (tertiary/aromatic N) is 4. The molecule has 0 saturated heterocycles.